The van der Waals surface area contributed by atoms with Crippen molar-refractivity contribution in [1.29, 1.82) is 0 Å². The van der Waals surface area contributed by atoms with Crippen molar-refractivity contribution >= 4 is 16.1 Å². The molecule has 1 aromatic rings. The molecule has 2 heterocycles. The lowest BCUT2D eigenvalue weighted by Crippen LogP contribution is -2.54. The second kappa shape index (κ2) is 6.93. The molecule has 0 aromatic heterocycles. The molecule has 3 rings (SSSR count). The quantitative estimate of drug-likeness (QED) is 0.796. The fraction of sp³-hybridized carbons (Fsp3) is 0.588. The highest BCUT2D eigenvalue weighted by atomic mass is 32.2. The molecule has 0 unspecified atom stereocenters. The van der Waals surface area contributed by atoms with E-state index in [0.717, 1.165) is 0 Å². The average Bonchev–Trinajstić information content (AvgIpc) is 2.96. The van der Waals surface area contributed by atoms with Gasteiger partial charge in [-0.3, -0.25) is 0 Å². The van der Waals surface area contributed by atoms with Gasteiger partial charge in [-0.25, -0.2) is 13.2 Å². The third-order valence-corrected chi connectivity index (χ3v) is 6.69. The summed E-state index contributed by atoms with van der Waals surface area (Å²) in [6.07, 6.45) is -0.546. The largest absolute Gasteiger partial charge is 0.372 e. The molecule has 2 amide bonds. The topological polar surface area (TPSA) is 70.2 Å². The molecule has 138 valence electrons. The number of sulfonamides is 1. The summed E-state index contributed by atoms with van der Waals surface area (Å²) in [5, 5.41) is 0. The maximum absolute atomic E-state index is 12.9. The summed E-state index contributed by atoms with van der Waals surface area (Å²) in [5.41, 5.74) is 0. The van der Waals surface area contributed by atoms with E-state index in [1.54, 1.807) is 47.1 Å². The number of ether oxygens (including phenoxy) is 1. The van der Waals surface area contributed by atoms with Gasteiger partial charge in [-0.1, -0.05) is 18.2 Å². The second-order valence-corrected chi connectivity index (χ2v) is 8.59. The minimum atomic E-state index is -3.61. The van der Waals surface area contributed by atoms with Crippen LogP contribution >= 0.6 is 0 Å². The van der Waals surface area contributed by atoms with Gasteiger partial charge in [-0.2, -0.15) is 4.31 Å². The summed E-state index contributed by atoms with van der Waals surface area (Å²) >= 11 is 0. The minimum absolute atomic E-state index is 0.0187. The molecule has 2 saturated heterocycles. The van der Waals surface area contributed by atoms with Crippen LogP contribution in [-0.4, -0.2) is 73.1 Å². The molecule has 0 radical (unpaired) electrons. The van der Waals surface area contributed by atoms with E-state index in [0.29, 0.717) is 26.2 Å². The van der Waals surface area contributed by atoms with Gasteiger partial charge in [-0.05, 0) is 32.9 Å². The van der Waals surface area contributed by atoms with Crippen LogP contribution < -0.4 is 0 Å². The predicted molar refractivity (Wildman–Crippen MR) is 93.5 cm³/mol. The van der Waals surface area contributed by atoms with Gasteiger partial charge >= 0.3 is 6.03 Å². The lowest BCUT2D eigenvalue weighted by Gasteiger charge is -2.38. The number of rotatable bonds is 2. The Bertz CT molecular complexity index is 715. The molecular formula is C17H25N3O4S. The molecule has 0 aliphatic carbocycles. The molecule has 0 N–H and O–H groups in total. The van der Waals surface area contributed by atoms with E-state index >= 15 is 0 Å². The van der Waals surface area contributed by atoms with Crippen molar-refractivity contribution in [2.24, 2.45) is 0 Å². The van der Waals surface area contributed by atoms with E-state index in [2.05, 4.69) is 0 Å². The lowest BCUT2D eigenvalue weighted by atomic mass is 10.2. The first-order valence-electron chi connectivity index (χ1n) is 8.58. The van der Waals surface area contributed by atoms with Gasteiger partial charge in [0.2, 0.25) is 10.0 Å². The van der Waals surface area contributed by atoms with Gasteiger partial charge in [0, 0.05) is 26.2 Å². The first kappa shape index (κ1) is 18.2. The molecule has 2 fully saturated rings. The van der Waals surface area contributed by atoms with Crippen LogP contribution in [0.5, 0.6) is 0 Å². The Morgan fingerprint density at radius 2 is 1.64 bits per heavy atom. The van der Waals surface area contributed by atoms with E-state index in [4.69, 9.17) is 4.74 Å². The van der Waals surface area contributed by atoms with Crippen molar-refractivity contribution in [3.05, 3.63) is 30.3 Å². The summed E-state index contributed by atoms with van der Waals surface area (Å²) in [6, 6.07) is 8.22. The number of benzene rings is 1. The van der Waals surface area contributed by atoms with Crippen LogP contribution in [0.15, 0.2) is 35.2 Å². The van der Waals surface area contributed by atoms with Crippen molar-refractivity contribution in [3.63, 3.8) is 0 Å². The average molecular weight is 367 g/mol. The van der Waals surface area contributed by atoms with E-state index in [9.17, 15) is 13.2 Å². The van der Waals surface area contributed by atoms with E-state index in [-0.39, 0.29) is 23.1 Å². The van der Waals surface area contributed by atoms with Gasteiger partial charge in [-0.15, -0.1) is 0 Å². The first-order chi connectivity index (χ1) is 11.8. The lowest BCUT2D eigenvalue weighted by molar-refractivity contribution is -0.0588. The normalized spacial score (nSPS) is 28.4. The Kier molecular flexibility index (Phi) is 5.04. The number of nitrogens with zero attached hydrogens (tertiary/aromatic N) is 3. The summed E-state index contributed by atoms with van der Waals surface area (Å²) in [7, 11) is -3.61. The highest BCUT2D eigenvalue weighted by molar-refractivity contribution is 7.89. The maximum atomic E-state index is 12.9. The smallest absolute Gasteiger partial charge is 0.321 e. The van der Waals surface area contributed by atoms with Crippen molar-refractivity contribution in [2.75, 3.05) is 26.2 Å². The van der Waals surface area contributed by atoms with Crippen LogP contribution in [0.25, 0.3) is 0 Å². The Labute approximate surface area is 149 Å². The number of amides is 2. The van der Waals surface area contributed by atoms with Crippen LogP contribution in [0.4, 0.5) is 4.79 Å². The fourth-order valence-corrected chi connectivity index (χ4v) is 5.16. The number of carbonyl (C=O) groups excluding carboxylic acids is 1. The van der Waals surface area contributed by atoms with Crippen LogP contribution in [0, 0.1) is 0 Å². The van der Waals surface area contributed by atoms with E-state index in [1.807, 2.05) is 13.8 Å². The molecule has 3 atom stereocenters. The van der Waals surface area contributed by atoms with Gasteiger partial charge in [0.05, 0.1) is 23.3 Å². The number of carbonyl (C=O) groups is 1. The number of morpholine rings is 1. The standard InChI is InChI=1S/C17H25N3O4S/c1-13-11-18(12-14(2)24-13)17(21)19-9-10-20(15(19)3)25(22,23)16-7-5-4-6-8-16/h4-8,13-15H,9-12H2,1-3H3/t13-,14-,15+/m1/s1. The van der Waals surface area contributed by atoms with Gasteiger partial charge < -0.3 is 14.5 Å². The third-order valence-electron chi connectivity index (χ3n) is 4.71. The number of hydrogen-bond acceptors (Lipinski definition) is 4. The number of hydrogen-bond donors (Lipinski definition) is 0. The van der Waals surface area contributed by atoms with Gasteiger partial charge in [0.15, 0.2) is 0 Å². The van der Waals surface area contributed by atoms with Crippen molar-refractivity contribution < 1.29 is 17.9 Å². The second-order valence-electron chi connectivity index (χ2n) is 6.70. The molecule has 8 heteroatoms. The third kappa shape index (κ3) is 3.51. The zero-order valence-corrected chi connectivity index (χ0v) is 15.6. The summed E-state index contributed by atoms with van der Waals surface area (Å²) in [5.74, 6) is 0. The Hall–Kier alpha value is -1.64. The fourth-order valence-electron chi connectivity index (χ4n) is 3.56. The Morgan fingerprint density at radius 1 is 1.04 bits per heavy atom. The van der Waals surface area contributed by atoms with E-state index < -0.39 is 16.2 Å². The van der Waals surface area contributed by atoms with Crippen LogP contribution in [0.3, 0.4) is 0 Å². The van der Waals surface area contributed by atoms with Crippen LogP contribution in [0.2, 0.25) is 0 Å². The van der Waals surface area contributed by atoms with Gasteiger partial charge in [0.1, 0.15) is 0 Å². The first-order valence-corrected chi connectivity index (χ1v) is 10.0. The molecule has 2 aliphatic rings. The minimum Gasteiger partial charge on any atom is -0.372 e. The van der Waals surface area contributed by atoms with Crippen molar-refractivity contribution in [1.82, 2.24) is 14.1 Å². The van der Waals surface area contributed by atoms with Gasteiger partial charge in [0.25, 0.3) is 0 Å². The highest BCUT2D eigenvalue weighted by Crippen LogP contribution is 2.25. The Balaban J connectivity index is 1.75. The molecule has 2 aliphatic heterocycles. The molecule has 1 aromatic carbocycles. The monoisotopic (exact) mass is 367 g/mol. The van der Waals surface area contributed by atoms with Crippen molar-refractivity contribution in [3.8, 4) is 0 Å². The maximum Gasteiger partial charge on any atom is 0.321 e. The molecule has 25 heavy (non-hydrogen) atoms. The van der Waals surface area contributed by atoms with Crippen LogP contribution in [0.1, 0.15) is 20.8 Å². The molecule has 0 spiro atoms. The molecule has 0 saturated carbocycles. The highest BCUT2D eigenvalue weighted by Gasteiger charge is 2.41. The summed E-state index contributed by atoms with van der Waals surface area (Å²) < 4.78 is 32.8. The molecular weight excluding hydrogens is 342 g/mol. The Morgan fingerprint density at radius 3 is 2.24 bits per heavy atom. The zero-order valence-electron chi connectivity index (χ0n) is 14.8. The zero-order chi connectivity index (χ0) is 18.2. The predicted octanol–water partition coefficient (Wildman–Crippen LogP) is 1.57. The summed E-state index contributed by atoms with van der Waals surface area (Å²) in [4.78, 5) is 16.5. The van der Waals surface area contributed by atoms with Crippen LogP contribution in [-0.2, 0) is 14.8 Å². The number of urea groups is 1. The van der Waals surface area contributed by atoms with E-state index in [1.165, 1.54) is 4.31 Å². The molecule has 7 nitrogen and oxygen atoms in total. The van der Waals surface area contributed by atoms with Crippen molar-refractivity contribution in [2.45, 2.75) is 44.0 Å². The molecule has 0 bridgehead atoms. The SMILES string of the molecule is C[C@@H]1CN(C(=O)N2CCN(S(=O)(=O)c3ccccc3)[C@H]2C)C[C@@H](C)O1. The summed E-state index contributed by atoms with van der Waals surface area (Å²) in [6.45, 7) is 7.39.